The van der Waals surface area contributed by atoms with Crippen LogP contribution in [-0.2, 0) is 14.8 Å². The third kappa shape index (κ3) is 7.79. The summed E-state index contributed by atoms with van der Waals surface area (Å²) in [6.07, 6.45) is 1.81. The summed E-state index contributed by atoms with van der Waals surface area (Å²) in [6.45, 7) is 6.24. The van der Waals surface area contributed by atoms with Gasteiger partial charge in [0.15, 0.2) is 11.5 Å². The number of hydrogen-bond acceptors (Lipinski definition) is 5. The lowest BCUT2D eigenvalue weighted by atomic mass is 10.1. The molecule has 1 N–H and O–H groups in total. The molecule has 1 atom stereocenters. The lowest BCUT2D eigenvalue weighted by Gasteiger charge is -2.23. The smallest absolute Gasteiger partial charge is 0.232 e. The highest BCUT2D eigenvalue weighted by atomic mass is 32.2. The van der Waals surface area contributed by atoms with Crippen LogP contribution in [-0.4, -0.2) is 46.9 Å². The van der Waals surface area contributed by atoms with Crippen LogP contribution in [0, 0.1) is 13.8 Å². The number of para-hydroxylation sites is 2. The molecule has 0 spiro atoms. The Bertz CT molecular complexity index is 971. The average Bonchev–Trinajstić information content (AvgIpc) is 2.68. The molecule has 31 heavy (non-hydrogen) atoms. The minimum absolute atomic E-state index is 0.148. The molecule has 0 heterocycles. The van der Waals surface area contributed by atoms with Crippen LogP contribution in [0.15, 0.2) is 42.5 Å². The second-order valence-corrected chi connectivity index (χ2v) is 9.62. The number of rotatable bonds is 11. The van der Waals surface area contributed by atoms with Gasteiger partial charge in [0.2, 0.25) is 15.9 Å². The summed E-state index contributed by atoms with van der Waals surface area (Å²) < 4.78 is 36.9. The van der Waals surface area contributed by atoms with Gasteiger partial charge in [-0.05, 0) is 62.6 Å². The normalized spacial score (nSPS) is 12.2. The number of methoxy groups -OCH3 is 1. The van der Waals surface area contributed by atoms with E-state index in [1.54, 1.807) is 13.2 Å². The summed E-state index contributed by atoms with van der Waals surface area (Å²) in [5.41, 5.74) is 2.61. The van der Waals surface area contributed by atoms with Crippen LogP contribution >= 0.6 is 0 Å². The van der Waals surface area contributed by atoms with Gasteiger partial charge in [-0.1, -0.05) is 18.2 Å². The highest BCUT2D eigenvalue weighted by molar-refractivity contribution is 7.92. The van der Waals surface area contributed by atoms with E-state index in [1.807, 2.05) is 57.2 Å². The number of carbonyl (C=O) groups excluding carboxylic acids is 1. The number of benzene rings is 2. The van der Waals surface area contributed by atoms with Crippen LogP contribution in [0.4, 0.5) is 5.69 Å². The average molecular weight is 449 g/mol. The molecule has 8 heteroatoms. The molecular formula is C23H32N2O5S. The second-order valence-electron chi connectivity index (χ2n) is 7.72. The topological polar surface area (TPSA) is 84.9 Å². The summed E-state index contributed by atoms with van der Waals surface area (Å²) in [7, 11) is -1.87. The molecule has 0 fully saturated rings. The molecule has 2 aromatic rings. The van der Waals surface area contributed by atoms with Gasteiger partial charge in [-0.3, -0.25) is 9.10 Å². The van der Waals surface area contributed by atoms with Gasteiger partial charge in [0.05, 0.1) is 25.1 Å². The molecule has 0 bridgehead atoms. The maximum atomic E-state index is 12.3. The molecule has 0 aliphatic heterocycles. The SMILES string of the molecule is COc1ccccc1OCC(C)NC(=O)CCCN(c1cc(C)cc(C)c1)S(C)(=O)=O. The van der Waals surface area contributed by atoms with Crippen LogP contribution in [0.5, 0.6) is 11.5 Å². The summed E-state index contributed by atoms with van der Waals surface area (Å²) in [6, 6.07) is 12.8. The molecule has 0 aliphatic carbocycles. The number of amides is 1. The largest absolute Gasteiger partial charge is 0.493 e. The van der Waals surface area contributed by atoms with Crippen molar-refractivity contribution in [2.45, 2.75) is 39.7 Å². The van der Waals surface area contributed by atoms with Crippen LogP contribution in [0.2, 0.25) is 0 Å². The number of sulfonamides is 1. The zero-order chi connectivity index (χ0) is 23.0. The summed E-state index contributed by atoms with van der Waals surface area (Å²) in [5, 5.41) is 2.89. The lowest BCUT2D eigenvalue weighted by Crippen LogP contribution is -2.37. The van der Waals surface area contributed by atoms with Crippen molar-refractivity contribution >= 4 is 21.6 Å². The Morgan fingerprint density at radius 1 is 1.10 bits per heavy atom. The number of nitrogens with one attached hydrogen (secondary N) is 1. The molecule has 0 saturated carbocycles. The molecule has 2 aromatic carbocycles. The first-order chi connectivity index (χ1) is 14.6. The summed E-state index contributed by atoms with van der Waals surface area (Å²) >= 11 is 0. The van der Waals surface area contributed by atoms with E-state index in [-0.39, 0.29) is 24.9 Å². The van der Waals surface area contributed by atoms with Gasteiger partial charge >= 0.3 is 0 Å². The molecule has 0 aromatic heterocycles. The van der Waals surface area contributed by atoms with Crippen molar-refractivity contribution in [1.82, 2.24) is 5.32 Å². The fraction of sp³-hybridized carbons (Fsp3) is 0.435. The monoisotopic (exact) mass is 448 g/mol. The van der Waals surface area contributed by atoms with E-state index in [2.05, 4.69) is 5.32 Å². The van der Waals surface area contributed by atoms with Crippen molar-refractivity contribution < 1.29 is 22.7 Å². The van der Waals surface area contributed by atoms with Gasteiger partial charge in [-0.25, -0.2) is 8.42 Å². The maximum absolute atomic E-state index is 12.3. The minimum Gasteiger partial charge on any atom is -0.493 e. The molecule has 1 amide bonds. The van der Waals surface area contributed by atoms with E-state index in [0.717, 1.165) is 11.1 Å². The maximum Gasteiger partial charge on any atom is 0.232 e. The van der Waals surface area contributed by atoms with E-state index in [0.29, 0.717) is 30.2 Å². The van der Waals surface area contributed by atoms with Crippen molar-refractivity contribution in [2.75, 3.05) is 30.8 Å². The standard InChI is InChI=1S/C23H32N2O5S/c1-17-13-18(2)15-20(14-17)25(31(5,27)28)12-8-11-23(26)24-19(3)16-30-22-10-7-6-9-21(22)29-4/h6-7,9-10,13-15,19H,8,11-12,16H2,1-5H3,(H,24,26). The molecule has 7 nitrogen and oxygen atoms in total. The number of aryl methyl sites for hydroxylation is 2. The van der Waals surface area contributed by atoms with Crippen molar-refractivity contribution in [1.29, 1.82) is 0 Å². The Morgan fingerprint density at radius 3 is 2.29 bits per heavy atom. The number of carbonyl (C=O) groups is 1. The van der Waals surface area contributed by atoms with Crippen molar-refractivity contribution in [3.05, 3.63) is 53.6 Å². The van der Waals surface area contributed by atoms with Gasteiger partial charge in [-0.15, -0.1) is 0 Å². The predicted octanol–water partition coefficient (Wildman–Crippen LogP) is 3.44. The predicted molar refractivity (Wildman–Crippen MR) is 123 cm³/mol. The first-order valence-corrected chi connectivity index (χ1v) is 12.1. The lowest BCUT2D eigenvalue weighted by molar-refractivity contribution is -0.121. The fourth-order valence-corrected chi connectivity index (χ4v) is 4.25. The van der Waals surface area contributed by atoms with E-state index in [4.69, 9.17) is 9.47 Å². The van der Waals surface area contributed by atoms with Gasteiger partial charge in [0, 0.05) is 13.0 Å². The second kappa shape index (κ2) is 11.0. The molecule has 1 unspecified atom stereocenters. The van der Waals surface area contributed by atoms with E-state index < -0.39 is 10.0 Å². The third-order valence-corrected chi connectivity index (χ3v) is 5.82. The van der Waals surface area contributed by atoms with E-state index in [1.165, 1.54) is 10.6 Å². The Kier molecular flexibility index (Phi) is 8.74. The van der Waals surface area contributed by atoms with Crippen LogP contribution in [0.1, 0.15) is 30.9 Å². The Morgan fingerprint density at radius 2 is 1.71 bits per heavy atom. The summed E-state index contributed by atoms with van der Waals surface area (Å²) in [5.74, 6) is 1.10. The zero-order valence-corrected chi connectivity index (χ0v) is 19.7. The molecular weight excluding hydrogens is 416 g/mol. The number of anilines is 1. The Hall–Kier alpha value is -2.74. The van der Waals surface area contributed by atoms with Crippen LogP contribution in [0.3, 0.4) is 0 Å². The van der Waals surface area contributed by atoms with E-state index >= 15 is 0 Å². The first kappa shape index (κ1) is 24.5. The third-order valence-electron chi connectivity index (χ3n) is 4.63. The molecule has 170 valence electrons. The molecule has 0 aliphatic rings. The molecule has 2 rings (SSSR count). The molecule has 0 radical (unpaired) electrons. The minimum atomic E-state index is -3.45. The number of nitrogens with zero attached hydrogens (tertiary/aromatic N) is 1. The molecule has 0 saturated heterocycles. The Labute approximate surface area is 185 Å². The quantitative estimate of drug-likeness (QED) is 0.569. The number of ether oxygens (including phenoxy) is 2. The van der Waals surface area contributed by atoms with Crippen molar-refractivity contribution in [3.63, 3.8) is 0 Å². The Balaban J connectivity index is 1.86. The van der Waals surface area contributed by atoms with Crippen molar-refractivity contribution in [3.8, 4) is 11.5 Å². The highest BCUT2D eigenvalue weighted by Crippen LogP contribution is 2.26. The first-order valence-electron chi connectivity index (χ1n) is 10.2. The summed E-state index contributed by atoms with van der Waals surface area (Å²) in [4.78, 5) is 12.3. The van der Waals surface area contributed by atoms with Gasteiger partial charge < -0.3 is 14.8 Å². The van der Waals surface area contributed by atoms with Crippen LogP contribution in [0.25, 0.3) is 0 Å². The number of hydrogen-bond donors (Lipinski definition) is 1. The van der Waals surface area contributed by atoms with Crippen molar-refractivity contribution in [2.24, 2.45) is 0 Å². The van der Waals surface area contributed by atoms with E-state index in [9.17, 15) is 13.2 Å². The van der Waals surface area contributed by atoms with Crippen LogP contribution < -0.4 is 19.1 Å². The zero-order valence-electron chi connectivity index (χ0n) is 18.8. The van der Waals surface area contributed by atoms with Gasteiger partial charge in [0.25, 0.3) is 0 Å². The van der Waals surface area contributed by atoms with Gasteiger partial charge in [-0.2, -0.15) is 0 Å². The highest BCUT2D eigenvalue weighted by Gasteiger charge is 2.18. The van der Waals surface area contributed by atoms with Gasteiger partial charge in [0.1, 0.15) is 6.61 Å². The fourth-order valence-electron chi connectivity index (χ4n) is 3.31.